The maximum absolute atomic E-state index is 12.8. The van der Waals surface area contributed by atoms with E-state index < -0.39 is 0 Å². The van der Waals surface area contributed by atoms with Gasteiger partial charge in [0, 0.05) is 12.6 Å². The van der Waals surface area contributed by atoms with Gasteiger partial charge in [-0.15, -0.1) is 0 Å². The van der Waals surface area contributed by atoms with Crippen molar-refractivity contribution in [1.82, 2.24) is 10.6 Å². The number of hydrogen-bond acceptors (Lipinski definition) is 2. The lowest BCUT2D eigenvalue weighted by molar-refractivity contribution is -0.134. The van der Waals surface area contributed by atoms with Gasteiger partial charge >= 0.3 is 0 Å². The molecule has 0 radical (unpaired) electrons. The molecule has 1 saturated heterocycles. The predicted molar refractivity (Wildman–Crippen MR) is 78.9 cm³/mol. The molecule has 1 aliphatic heterocycles. The lowest BCUT2D eigenvalue weighted by Crippen LogP contribution is -2.52. The monoisotopic (exact) mass is 266 g/mol. The van der Waals surface area contributed by atoms with Crippen LogP contribution in [0, 0.1) is 23.2 Å². The molecule has 2 N–H and O–H groups in total. The van der Waals surface area contributed by atoms with Gasteiger partial charge in [0.2, 0.25) is 5.91 Å². The Morgan fingerprint density at radius 1 is 1.32 bits per heavy atom. The summed E-state index contributed by atoms with van der Waals surface area (Å²) in [6.45, 7) is 10.8. The van der Waals surface area contributed by atoms with Gasteiger partial charge in [-0.25, -0.2) is 0 Å². The van der Waals surface area contributed by atoms with Crippen molar-refractivity contribution in [1.29, 1.82) is 0 Å². The third-order valence-corrected chi connectivity index (χ3v) is 5.77. The number of nitrogens with one attached hydrogen (secondary N) is 2. The summed E-state index contributed by atoms with van der Waals surface area (Å²) in [5, 5.41) is 6.76. The molecule has 0 spiro atoms. The Labute approximate surface area is 117 Å². The first-order chi connectivity index (χ1) is 8.97. The quantitative estimate of drug-likeness (QED) is 0.824. The molecule has 1 amide bonds. The lowest BCUT2D eigenvalue weighted by Gasteiger charge is -2.38. The van der Waals surface area contributed by atoms with Crippen LogP contribution in [0.2, 0.25) is 0 Å². The van der Waals surface area contributed by atoms with E-state index in [4.69, 9.17) is 0 Å². The Bertz CT molecular complexity index is 321. The SMILES string of the molecule is CC1CCCC(NC(=O)C2(C(C)C)CCNC2)C1C. The minimum Gasteiger partial charge on any atom is -0.353 e. The first-order valence-electron chi connectivity index (χ1n) is 7.99. The zero-order valence-corrected chi connectivity index (χ0v) is 13.0. The number of carbonyl (C=O) groups excluding carboxylic acids is 1. The Balaban J connectivity index is 2.03. The molecule has 2 aliphatic rings. The zero-order valence-electron chi connectivity index (χ0n) is 13.0. The van der Waals surface area contributed by atoms with E-state index in [0.717, 1.165) is 31.8 Å². The summed E-state index contributed by atoms with van der Waals surface area (Å²) < 4.78 is 0. The normalized spacial score (nSPS) is 39.5. The summed E-state index contributed by atoms with van der Waals surface area (Å²) in [6.07, 6.45) is 4.69. The molecular weight excluding hydrogens is 236 g/mol. The predicted octanol–water partition coefficient (Wildman–Crippen LogP) is 2.56. The molecule has 1 aliphatic carbocycles. The Hall–Kier alpha value is -0.570. The molecule has 1 heterocycles. The second-order valence-electron chi connectivity index (χ2n) is 7.08. The summed E-state index contributed by atoms with van der Waals surface area (Å²) >= 11 is 0. The van der Waals surface area contributed by atoms with E-state index in [9.17, 15) is 4.79 Å². The van der Waals surface area contributed by atoms with Crippen LogP contribution in [-0.2, 0) is 4.79 Å². The van der Waals surface area contributed by atoms with Gasteiger partial charge < -0.3 is 10.6 Å². The highest BCUT2D eigenvalue weighted by Crippen LogP contribution is 2.36. The summed E-state index contributed by atoms with van der Waals surface area (Å²) in [5.41, 5.74) is -0.180. The fourth-order valence-electron chi connectivity index (χ4n) is 3.76. The second kappa shape index (κ2) is 5.82. The van der Waals surface area contributed by atoms with Gasteiger partial charge in [-0.1, -0.05) is 40.5 Å². The summed E-state index contributed by atoms with van der Waals surface area (Å²) in [4.78, 5) is 12.8. The summed E-state index contributed by atoms with van der Waals surface area (Å²) in [6, 6.07) is 0.382. The van der Waals surface area contributed by atoms with Gasteiger partial charge in [0.15, 0.2) is 0 Å². The average molecular weight is 266 g/mol. The fraction of sp³-hybridized carbons (Fsp3) is 0.938. The van der Waals surface area contributed by atoms with Crippen LogP contribution in [-0.4, -0.2) is 25.0 Å². The molecule has 1 saturated carbocycles. The Kier molecular flexibility index (Phi) is 4.54. The average Bonchev–Trinajstić information content (AvgIpc) is 2.85. The molecule has 110 valence electrons. The second-order valence-corrected chi connectivity index (χ2v) is 7.08. The van der Waals surface area contributed by atoms with Crippen molar-refractivity contribution in [2.75, 3.05) is 13.1 Å². The molecule has 3 heteroatoms. The van der Waals surface area contributed by atoms with Crippen LogP contribution in [0.1, 0.15) is 53.4 Å². The number of carbonyl (C=O) groups is 1. The van der Waals surface area contributed by atoms with Crippen LogP contribution in [0.5, 0.6) is 0 Å². The van der Waals surface area contributed by atoms with Crippen LogP contribution in [0.25, 0.3) is 0 Å². The van der Waals surface area contributed by atoms with Gasteiger partial charge in [0.1, 0.15) is 0 Å². The van der Waals surface area contributed by atoms with E-state index in [0.29, 0.717) is 23.8 Å². The van der Waals surface area contributed by atoms with Gasteiger partial charge in [-0.3, -0.25) is 4.79 Å². The first kappa shape index (κ1) is 14.8. The van der Waals surface area contributed by atoms with Gasteiger partial charge in [-0.2, -0.15) is 0 Å². The standard InChI is InChI=1S/C16H30N2O/c1-11(2)16(8-9-17-10-16)15(19)18-14-7-5-6-12(3)13(14)4/h11-14,17H,5-10H2,1-4H3,(H,18,19). The van der Waals surface area contributed by atoms with Crippen LogP contribution in [0.15, 0.2) is 0 Å². The molecule has 4 unspecified atom stereocenters. The molecule has 0 aromatic rings. The molecule has 2 fully saturated rings. The van der Waals surface area contributed by atoms with Crippen molar-refractivity contribution in [2.45, 2.75) is 59.4 Å². The topological polar surface area (TPSA) is 41.1 Å². The van der Waals surface area contributed by atoms with E-state index in [2.05, 4.69) is 38.3 Å². The largest absolute Gasteiger partial charge is 0.353 e. The highest BCUT2D eigenvalue weighted by atomic mass is 16.2. The minimum absolute atomic E-state index is 0.180. The van der Waals surface area contributed by atoms with Crippen LogP contribution in [0.4, 0.5) is 0 Å². The van der Waals surface area contributed by atoms with Crippen LogP contribution >= 0.6 is 0 Å². The van der Waals surface area contributed by atoms with Crippen LogP contribution in [0.3, 0.4) is 0 Å². The highest BCUT2D eigenvalue weighted by molar-refractivity contribution is 5.84. The van der Waals surface area contributed by atoms with Gasteiger partial charge in [0.25, 0.3) is 0 Å². The number of amides is 1. The Morgan fingerprint density at radius 3 is 2.63 bits per heavy atom. The first-order valence-corrected chi connectivity index (χ1v) is 7.99. The van der Waals surface area contributed by atoms with Crippen molar-refractivity contribution in [3.8, 4) is 0 Å². The highest BCUT2D eigenvalue weighted by Gasteiger charge is 2.45. The minimum atomic E-state index is -0.180. The van der Waals surface area contributed by atoms with E-state index >= 15 is 0 Å². The molecule has 0 aromatic carbocycles. The molecule has 0 aromatic heterocycles. The van der Waals surface area contributed by atoms with E-state index in [1.54, 1.807) is 0 Å². The zero-order chi connectivity index (χ0) is 14.0. The van der Waals surface area contributed by atoms with Crippen molar-refractivity contribution < 1.29 is 4.79 Å². The maximum Gasteiger partial charge on any atom is 0.228 e. The van der Waals surface area contributed by atoms with Gasteiger partial charge in [0.05, 0.1) is 5.41 Å². The van der Waals surface area contributed by atoms with Crippen molar-refractivity contribution >= 4 is 5.91 Å². The number of rotatable bonds is 3. The van der Waals surface area contributed by atoms with E-state index in [1.165, 1.54) is 12.8 Å². The van der Waals surface area contributed by atoms with E-state index in [-0.39, 0.29) is 5.41 Å². The van der Waals surface area contributed by atoms with E-state index in [1.807, 2.05) is 0 Å². The lowest BCUT2D eigenvalue weighted by atomic mass is 9.74. The van der Waals surface area contributed by atoms with Gasteiger partial charge in [-0.05, 0) is 37.1 Å². The Morgan fingerprint density at radius 2 is 2.05 bits per heavy atom. The fourth-order valence-corrected chi connectivity index (χ4v) is 3.76. The summed E-state index contributed by atoms with van der Waals surface area (Å²) in [7, 11) is 0. The third-order valence-electron chi connectivity index (χ3n) is 5.77. The molecule has 4 atom stereocenters. The van der Waals surface area contributed by atoms with Crippen molar-refractivity contribution in [2.24, 2.45) is 23.2 Å². The summed E-state index contributed by atoms with van der Waals surface area (Å²) in [5.74, 6) is 2.03. The number of hydrogen-bond donors (Lipinski definition) is 2. The van der Waals surface area contributed by atoms with Crippen molar-refractivity contribution in [3.05, 3.63) is 0 Å². The molecule has 2 rings (SSSR count). The van der Waals surface area contributed by atoms with Crippen molar-refractivity contribution in [3.63, 3.8) is 0 Å². The molecule has 3 nitrogen and oxygen atoms in total. The van der Waals surface area contributed by atoms with Crippen LogP contribution < -0.4 is 10.6 Å². The molecule has 19 heavy (non-hydrogen) atoms. The third kappa shape index (κ3) is 2.81. The molecule has 0 bridgehead atoms. The molecular formula is C16H30N2O. The maximum atomic E-state index is 12.8. The smallest absolute Gasteiger partial charge is 0.228 e.